The largest absolute Gasteiger partial charge is 0.393 e. The summed E-state index contributed by atoms with van der Waals surface area (Å²) in [5, 5.41) is 9.46. The number of nitrogens with one attached hydrogen (secondary N) is 1. The average Bonchev–Trinajstić information content (AvgIpc) is 2.41. The smallest absolute Gasteiger partial charge is 0.212 e. The third-order valence-corrected chi connectivity index (χ3v) is 5.14. The molecule has 0 aliphatic heterocycles. The summed E-state index contributed by atoms with van der Waals surface area (Å²) in [5.41, 5.74) is 0.726. The fourth-order valence-corrected chi connectivity index (χ4v) is 3.93. The van der Waals surface area contributed by atoms with Crippen LogP contribution in [0.5, 0.6) is 0 Å². The van der Waals surface area contributed by atoms with Gasteiger partial charge in [-0.05, 0) is 37.3 Å². The molecule has 0 radical (unpaired) electrons. The van der Waals surface area contributed by atoms with E-state index in [1.54, 1.807) is 6.20 Å². The molecule has 0 amide bonds. The van der Waals surface area contributed by atoms with E-state index in [9.17, 15) is 13.5 Å². The lowest BCUT2D eigenvalue weighted by Gasteiger charge is -2.37. The van der Waals surface area contributed by atoms with Gasteiger partial charge in [-0.25, -0.2) is 13.1 Å². The number of hydrogen-bond donors (Lipinski definition) is 2. The topological polar surface area (TPSA) is 79.3 Å². The molecule has 2 rings (SSSR count). The van der Waals surface area contributed by atoms with E-state index in [4.69, 9.17) is 0 Å². The summed E-state index contributed by atoms with van der Waals surface area (Å²) in [6.45, 7) is 1.97. The Bertz CT molecular complexity index is 512. The lowest BCUT2D eigenvalue weighted by molar-refractivity contribution is 0.0273. The molecule has 1 fully saturated rings. The number of nitrogens with zero attached hydrogens (tertiary/aromatic N) is 1. The molecule has 0 aromatic carbocycles. The lowest BCUT2D eigenvalue weighted by atomic mass is 9.76. The van der Waals surface area contributed by atoms with E-state index in [1.807, 2.05) is 25.1 Å². The Morgan fingerprint density at radius 3 is 2.75 bits per heavy atom. The first-order chi connectivity index (χ1) is 9.52. The van der Waals surface area contributed by atoms with Crippen LogP contribution >= 0.6 is 0 Å². The highest BCUT2D eigenvalue weighted by molar-refractivity contribution is 7.89. The molecule has 1 aliphatic carbocycles. The van der Waals surface area contributed by atoms with E-state index in [-0.39, 0.29) is 23.8 Å². The van der Waals surface area contributed by atoms with E-state index in [2.05, 4.69) is 9.71 Å². The summed E-state index contributed by atoms with van der Waals surface area (Å²) in [4.78, 5) is 4.26. The number of pyridine rings is 1. The second-order valence-corrected chi connectivity index (χ2v) is 7.28. The zero-order valence-electron chi connectivity index (χ0n) is 11.7. The minimum absolute atomic E-state index is 0.122. The van der Waals surface area contributed by atoms with Crippen LogP contribution in [0.4, 0.5) is 0 Å². The van der Waals surface area contributed by atoms with E-state index >= 15 is 0 Å². The monoisotopic (exact) mass is 298 g/mol. The number of hydrogen-bond acceptors (Lipinski definition) is 4. The summed E-state index contributed by atoms with van der Waals surface area (Å²) in [6.07, 6.45) is 4.09. The minimum Gasteiger partial charge on any atom is -0.393 e. The third-order valence-electron chi connectivity index (χ3n) is 3.70. The van der Waals surface area contributed by atoms with Gasteiger partial charge in [-0.15, -0.1) is 0 Å². The maximum absolute atomic E-state index is 12.1. The van der Waals surface area contributed by atoms with E-state index in [1.165, 1.54) is 0 Å². The van der Waals surface area contributed by atoms with Crippen molar-refractivity contribution in [3.8, 4) is 0 Å². The van der Waals surface area contributed by atoms with Gasteiger partial charge in [0.1, 0.15) is 0 Å². The predicted octanol–water partition coefficient (Wildman–Crippen LogP) is 1.61. The Morgan fingerprint density at radius 2 is 2.20 bits per heavy atom. The molecule has 6 heteroatoms. The average molecular weight is 298 g/mol. The molecule has 0 spiro atoms. The molecule has 2 N–H and O–H groups in total. The van der Waals surface area contributed by atoms with E-state index in [0.29, 0.717) is 19.3 Å². The first-order valence-electron chi connectivity index (χ1n) is 7.11. The van der Waals surface area contributed by atoms with Crippen LogP contribution in [0.3, 0.4) is 0 Å². The van der Waals surface area contributed by atoms with Crippen molar-refractivity contribution in [1.29, 1.82) is 0 Å². The SMILES string of the molecule is CCCCS(=O)(=O)N[C@@H](c1ccccn1)C1CC(O)C1. The van der Waals surface area contributed by atoms with Gasteiger partial charge in [0.2, 0.25) is 10.0 Å². The molecular formula is C14H22N2O3S. The molecule has 20 heavy (non-hydrogen) atoms. The molecule has 0 saturated heterocycles. The Labute approximate surface area is 120 Å². The highest BCUT2D eigenvalue weighted by atomic mass is 32.2. The van der Waals surface area contributed by atoms with Crippen molar-refractivity contribution in [1.82, 2.24) is 9.71 Å². The van der Waals surface area contributed by atoms with Crippen molar-refractivity contribution in [2.24, 2.45) is 5.92 Å². The summed E-state index contributed by atoms with van der Waals surface area (Å²) < 4.78 is 27.0. The van der Waals surface area contributed by atoms with Crippen LogP contribution in [-0.2, 0) is 10.0 Å². The van der Waals surface area contributed by atoms with E-state index in [0.717, 1.165) is 12.1 Å². The van der Waals surface area contributed by atoms with Gasteiger partial charge in [0.25, 0.3) is 0 Å². The van der Waals surface area contributed by atoms with Gasteiger partial charge in [0, 0.05) is 6.20 Å². The molecule has 1 heterocycles. The molecule has 1 aromatic rings. The van der Waals surface area contributed by atoms with Crippen molar-refractivity contribution in [3.63, 3.8) is 0 Å². The lowest BCUT2D eigenvalue weighted by Crippen LogP contribution is -2.42. The molecular weight excluding hydrogens is 276 g/mol. The number of aliphatic hydroxyl groups excluding tert-OH is 1. The minimum atomic E-state index is -3.30. The molecule has 0 unspecified atom stereocenters. The van der Waals surface area contributed by atoms with Crippen molar-refractivity contribution in [2.45, 2.75) is 44.8 Å². The van der Waals surface area contributed by atoms with Crippen LogP contribution in [0.1, 0.15) is 44.3 Å². The van der Waals surface area contributed by atoms with Crippen LogP contribution in [0.2, 0.25) is 0 Å². The van der Waals surface area contributed by atoms with Gasteiger partial charge in [-0.3, -0.25) is 4.98 Å². The Kier molecular flexibility index (Phi) is 5.12. The van der Waals surface area contributed by atoms with Gasteiger partial charge in [-0.2, -0.15) is 0 Å². The second-order valence-electron chi connectivity index (χ2n) is 5.41. The van der Waals surface area contributed by atoms with Gasteiger partial charge in [-0.1, -0.05) is 19.4 Å². The van der Waals surface area contributed by atoms with E-state index < -0.39 is 10.0 Å². The third kappa shape index (κ3) is 4.01. The molecule has 1 saturated carbocycles. The predicted molar refractivity (Wildman–Crippen MR) is 77.5 cm³/mol. The molecule has 112 valence electrons. The number of rotatable bonds is 7. The zero-order chi connectivity index (χ0) is 14.6. The first-order valence-corrected chi connectivity index (χ1v) is 8.76. The second kappa shape index (κ2) is 6.65. The van der Waals surface area contributed by atoms with Gasteiger partial charge < -0.3 is 5.11 Å². The summed E-state index contributed by atoms with van der Waals surface area (Å²) in [6, 6.07) is 5.16. The Hall–Kier alpha value is -0.980. The van der Waals surface area contributed by atoms with Crippen molar-refractivity contribution in [2.75, 3.05) is 5.75 Å². The molecule has 5 nitrogen and oxygen atoms in total. The van der Waals surface area contributed by atoms with Crippen LogP contribution < -0.4 is 4.72 Å². The highest BCUT2D eigenvalue weighted by Crippen LogP contribution is 2.37. The molecule has 1 aliphatic rings. The standard InChI is InChI=1S/C14H22N2O3S/c1-2-3-8-20(18,19)16-14(11-9-12(17)10-11)13-6-4-5-7-15-13/h4-7,11-12,14,16-17H,2-3,8-10H2,1H3/t11?,12?,14-/m1/s1. The number of aromatic nitrogens is 1. The van der Waals surface area contributed by atoms with Gasteiger partial charge in [0.05, 0.1) is 23.6 Å². The molecule has 1 atom stereocenters. The summed E-state index contributed by atoms with van der Waals surface area (Å²) in [5.74, 6) is 0.263. The maximum Gasteiger partial charge on any atom is 0.212 e. The normalized spacial score (nSPS) is 24.1. The van der Waals surface area contributed by atoms with Crippen molar-refractivity contribution in [3.05, 3.63) is 30.1 Å². The fourth-order valence-electron chi connectivity index (χ4n) is 2.45. The quantitative estimate of drug-likeness (QED) is 0.801. The Balaban J connectivity index is 2.11. The van der Waals surface area contributed by atoms with Crippen molar-refractivity contribution >= 4 is 10.0 Å². The molecule has 0 bridgehead atoms. The fraction of sp³-hybridized carbons (Fsp3) is 0.643. The first kappa shape index (κ1) is 15.4. The highest BCUT2D eigenvalue weighted by Gasteiger charge is 2.37. The van der Waals surface area contributed by atoms with Crippen molar-refractivity contribution < 1.29 is 13.5 Å². The van der Waals surface area contributed by atoms with Crippen LogP contribution in [0, 0.1) is 5.92 Å². The number of sulfonamides is 1. The maximum atomic E-state index is 12.1. The summed E-state index contributed by atoms with van der Waals surface area (Å²) in [7, 11) is -3.30. The molecule has 1 aromatic heterocycles. The van der Waals surface area contributed by atoms with Crippen LogP contribution in [0.25, 0.3) is 0 Å². The Morgan fingerprint density at radius 1 is 1.45 bits per heavy atom. The number of unbranched alkanes of at least 4 members (excludes halogenated alkanes) is 1. The van der Waals surface area contributed by atoms with Gasteiger partial charge >= 0.3 is 0 Å². The van der Waals surface area contributed by atoms with Gasteiger partial charge in [0.15, 0.2) is 0 Å². The number of aliphatic hydroxyl groups is 1. The van der Waals surface area contributed by atoms with Crippen LogP contribution in [-0.4, -0.2) is 30.4 Å². The zero-order valence-corrected chi connectivity index (χ0v) is 12.5. The summed E-state index contributed by atoms with van der Waals surface area (Å²) >= 11 is 0. The van der Waals surface area contributed by atoms with Crippen LogP contribution in [0.15, 0.2) is 24.4 Å².